The lowest BCUT2D eigenvalue weighted by molar-refractivity contribution is -0.141. The number of benzene rings is 2. The third-order valence-corrected chi connectivity index (χ3v) is 4.97. The molecule has 2 atom stereocenters. The number of hydrogen-bond acceptors (Lipinski definition) is 8. The highest BCUT2D eigenvalue weighted by Crippen LogP contribution is 2.47. The monoisotopic (exact) mass is 408 g/mol. The fourth-order valence-corrected chi connectivity index (χ4v) is 3.64. The number of esters is 2. The van der Waals surface area contributed by atoms with Crippen molar-refractivity contribution in [3.8, 4) is 23.0 Å². The molecule has 0 saturated heterocycles. The van der Waals surface area contributed by atoms with Crippen molar-refractivity contribution < 1.29 is 38.0 Å². The van der Waals surface area contributed by atoms with Crippen LogP contribution in [-0.4, -0.2) is 38.4 Å². The summed E-state index contributed by atoms with van der Waals surface area (Å²) in [6, 6.07) is 14.0. The number of ether oxygens (including phenoxy) is 6. The summed E-state index contributed by atoms with van der Waals surface area (Å²) in [6.45, 7) is 0. The molecule has 1 aliphatic carbocycles. The Morgan fingerprint density at radius 2 is 1.03 bits per heavy atom. The first kappa shape index (κ1) is 18.1. The van der Waals surface area contributed by atoms with Crippen molar-refractivity contribution in [2.45, 2.75) is 12.2 Å². The molecule has 0 fully saturated rings. The lowest BCUT2D eigenvalue weighted by Gasteiger charge is -2.39. The molecule has 0 spiro atoms. The number of rotatable bonds is 2. The summed E-state index contributed by atoms with van der Waals surface area (Å²) in [4.78, 5) is 25.5. The molecule has 3 aliphatic rings. The smallest absolute Gasteiger partial charge is 0.338 e. The van der Waals surface area contributed by atoms with E-state index in [2.05, 4.69) is 0 Å². The van der Waals surface area contributed by atoms with Crippen molar-refractivity contribution in [3.05, 3.63) is 71.2 Å². The van der Waals surface area contributed by atoms with Crippen LogP contribution in [0.1, 0.15) is 0 Å². The van der Waals surface area contributed by atoms with Crippen LogP contribution in [0.5, 0.6) is 23.0 Å². The second-order valence-corrected chi connectivity index (χ2v) is 6.63. The molecular formula is C22H16O8. The van der Waals surface area contributed by atoms with Gasteiger partial charge in [0.25, 0.3) is 0 Å². The van der Waals surface area contributed by atoms with Crippen LogP contribution in [-0.2, 0) is 19.1 Å². The molecule has 2 aliphatic heterocycles. The summed E-state index contributed by atoms with van der Waals surface area (Å²) in [5.41, 5.74) is -0.129. The highest BCUT2D eigenvalue weighted by Gasteiger charge is 2.51. The lowest BCUT2D eigenvalue weighted by atomic mass is 9.88. The van der Waals surface area contributed by atoms with Gasteiger partial charge in [0.15, 0.2) is 46.7 Å². The zero-order valence-electron chi connectivity index (χ0n) is 16.0. The quantitative estimate of drug-likeness (QED) is 0.701. The van der Waals surface area contributed by atoms with Crippen molar-refractivity contribution >= 4 is 11.9 Å². The Kier molecular flexibility index (Phi) is 4.13. The number of carbonyl (C=O) groups excluding carboxylic acids is 2. The third-order valence-electron chi connectivity index (χ3n) is 4.97. The molecule has 2 aromatic carbocycles. The van der Waals surface area contributed by atoms with E-state index in [0.29, 0.717) is 23.0 Å². The Morgan fingerprint density at radius 1 is 0.667 bits per heavy atom. The molecule has 2 unspecified atom stereocenters. The highest BCUT2D eigenvalue weighted by molar-refractivity contribution is 6.03. The van der Waals surface area contributed by atoms with Gasteiger partial charge in [-0.05, 0) is 24.3 Å². The second-order valence-electron chi connectivity index (χ2n) is 6.63. The highest BCUT2D eigenvalue weighted by atomic mass is 16.6. The minimum absolute atomic E-state index is 0.0643. The fraction of sp³-hybridized carbons (Fsp3) is 0.182. The minimum atomic E-state index is -1.07. The fourth-order valence-electron chi connectivity index (χ4n) is 3.64. The molecule has 152 valence electrons. The van der Waals surface area contributed by atoms with Crippen LogP contribution < -0.4 is 18.9 Å². The summed E-state index contributed by atoms with van der Waals surface area (Å²) in [5, 5.41) is 0. The zero-order valence-corrected chi connectivity index (χ0v) is 16.0. The summed E-state index contributed by atoms with van der Waals surface area (Å²) in [5.74, 6) is 0.611. The Hall–Kier alpha value is -3.94. The summed E-state index contributed by atoms with van der Waals surface area (Å²) < 4.78 is 34.1. The molecular weight excluding hydrogens is 392 g/mol. The lowest BCUT2D eigenvalue weighted by Crippen LogP contribution is -2.47. The zero-order chi connectivity index (χ0) is 20.8. The molecule has 0 amide bonds. The van der Waals surface area contributed by atoms with E-state index in [9.17, 15) is 9.59 Å². The molecule has 5 rings (SSSR count). The molecule has 0 N–H and O–H groups in total. The standard InChI is InChI=1S/C22H16O8/c1-25-21(23)15-16(22(24)26-2)18-20(30-14-10-6-4-8-12(14)28-18)19-17(15)27-11-7-3-5-9-13(11)29-19/h3-10,17-18H,1-2H3. The SMILES string of the molecule is COC(=O)C1=C(C(=O)OC)C2Oc3ccccc3OC2=C2Oc3ccccc3OC21. The maximum Gasteiger partial charge on any atom is 0.338 e. The molecule has 30 heavy (non-hydrogen) atoms. The molecule has 0 saturated carbocycles. The summed E-state index contributed by atoms with van der Waals surface area (Å²) in [7, 11) is 2.43. The largest absolute Gasteiger partial charge is 0.473 e. The number of para-hydroxylation sites is 4. The van der Waals surface area contributed by atoms with Crippen LogP contribution in [0.25, 0.3) is 0 Å². The summed E-state index contributed by atoms with van der Waals surface area (Å²) in [6.07, 6.45) is -2.14. The second kappa shape index (κ2) is 6.84. The maximum absolute atomic E-state index is 12.7. The van der Waals surface area contributed by atoms with Crippen molar-refractivity contribution in [2.24, 2.45) is 0 Å². The van der Waals surface area contributed by atoms with E-state index in [0.717, 1.165) is 0 Å². The molecule has 0 radical (unpaired) electrons. The average molecular weight is 408 g/mol. The molecule has 8 heteroatoms. The van der Waals surface area contributed by atoms with Gasteiger partial charge in [0.05, 0.1) is 25.4 Å². The molecule has 0 bridgehead atoms. The van der Waals surface area contributed by atoms with Crippen LogP contribution in [0.15, 0.2) is 71.2 Å². The van der Waals surface area contributed by atoms with Gasteiger partial charge >= 0.3 is 11.9 Å². The normalized spacial score (nSPS) is 20.7. The van der Waals surface area contributed by atoms with Gasteiger partial charge in [-0.25, -0.2) is 9.59 Å². The molecule has 2 heterocycles. The topological polar surface area (TPSA) is 89.5 Å². The first-order valence-corrected chi connectivity index (χ1v) is 9.14. The number of carbonyl (C=O) groups is 2. The van der Waals surface area contributed by atoms with Crippen LogP contribution >= 0.6 is 0 Å². The van der Waals surface area contributed by atoms with Gasteiger partial charge in [-0.2, -0.15) is 0 Å². The molecule has 0 aromatic heterocycles. The Labute approximate surface area is 171 Å². The molecule has 8 nitrogen and oxygen atoms in total. The van der Waals surface area contributed by atoms with Crippen molar-refractivity contribution in [3.63, 3.8) is 0 Å². The van der Waals surface area contributed by atoms with Crippen LogP contribution in [0, 0.1) is 0 Å². The van der Waals surface area contributed by atoms with E-state index in [1.54, 1.807) is 48.5 Å². The van der Waals surface area contributed by atoms with Crippen LogP contribution in [0.3, 0.4) is 0 Å². The Morgan fingerprint density at radius 3 is 1.40 bits per heavy atom. The van der Waals surface area contributed by atoms with E-state index in [-0.39, 0.29) is 22.7 Å². The summed E-state index contributed by atoms with van der Waals surface area (Å²) >= 11 is 0. The minimum Gasteiger partial charge on any atom is -0.473 e. The molecule has 2 aromatic rings. The van der Waals surface area contributed by atoms with E-state index in [1.807, 2.05) is 0 Å². The van der Waals surface area contributed by atoms with Gasteiger partial charge < -0.3 is 28.4 Å². The number of methoxy groups -OCH3 is 2. The Bertz CT molecular complexity index is 1040. The van der Waals surface area contributed by atoms with Crippen molar-refractivity contribution in [1.29, 1.82) is 0 Å². The van der Waals surface area contributed by atoms with Gasteiger partial charge in [-0.3, -0.25) is 0 Å². The van der Waals surface area contributed by atoms with Gasteiger partial charge in [0.1, 0.15) is 0 Å². The number of hydrogen-bond donors (Lipinski definition) is 0. The maximum atomic E-state index is 12.7. The van der Waals surface area contributed by atoms with E-state index < -0.39 is 24.1 Å². The number of fused-ring (bicyclic) bond motifs is 4. The predicted octanol–water partition coefficient (Wildman–Crippen LogP) is 2.53. The van der Waals surface area contributed by atoms with Gasteiger partial charge in [-0.1, -0.05) is 24.3 Å². The van der Waals surface area contributed by atoms with Crippen LogP contribution in [0.2, 0.25) is 0 Å². The van der Waals surface area contributed by atoms with E-state index >= 15 is 0 Å². The Balaban J connectivity index is 1.76. The van der Waals surface area contributed by atoms with Crippen molar-refractivity contribution in [2.75, 3.05) is 14.2 Å². The van der Waals surface area contributed by atoms with Gasteiger partial charge in [0, 0.05) is 0 Å². The third kappa shape index (κ3) is 2.61. The first-order valence-electron chi connectivity index (χ1n) is 9.14. The van der Waals surface area contributed by atoms with Gasteiger partial charge in [-0.15, -0.1) is 0 Å². The van der Waals surface area contributed by atoms with Crippen molar-refractivity contribution in [1.82, 2.24) is 0 Å². The van der Waals surface area contributed by atoms with E-state index in [1.165, 1.54) is 14.2 Å². The van der Waals surface area contributed by atoms with Gasteiger partial charge in [0.2, 0.25) is 0 Å². The first-order chi connectivity index (χ1) is 14.6. The average Bonchev–Trinajstić information content (AvgIpc) is 2.80. The van der Waals surface area contributed by atoms with E-state index in [4.69, 9.17) is 28.4 Å². The predicted molar refractivity (Wildman–Crippen MR) is 101 cm³/mol. The van der Waals surface area contributed by atoms with Crippen LogP contribution in [0.4, 0.5) is 0 Å².